The third-order valence-corrected chi connectivity index (χ3v) is 2.93. The van der Waals surface area contributed by atoms with E-state index in [1.54, 1.807) is 10.9 Å². The summed E-state index contributed by atoms with van der Waals surface area (Å²) in [4.78, 5) is 12.7. The lowest BCUT2D eigenvalue weighted by molar-refractivity contribution is 0.102. The Morgan fingerprint density at radius 1 is 1.47 bits per heavy atom. The van der Waals surface area contributed by atoms with Gasteiger partial charge in [-0.05, 0) is 25.4 Å². The van der Waals surface area contributed by atoms with Crippen molar-refractivity contribution in [3.63, 3.8) is 0 Å². The Bertz CT molecular complexity index is 518. The highest BCUT2D eigenvalue weighted by molar-refractivity contribution is 7.08. The molecule has 0 spiro atoms. The first-order chi connectivity index (χ1) is 8.15. The molecule has 6 nitrogen and oxygen atoms in total. The van der Waals surface area contributed by atoms with Gasteiger partial charge in [0.2, 0.25) is 5.78 Å². The van der Waals surface area contributed by atoms with Crippen LogP contribution in [0.5, 0.6) is 5.75 Å². The number of ether oxygens (including phenoxy) is 1. The summed E-state index contributed by atoms with van der Waals surface area (Å²) in [7, 11) is 1.52. The lowest BCUT2D eigenvalue weighted by Gasteiger charge is -2.09. The summed E-state index contributed by atoms with van der Waals surface area (Å²) >= 11 is 1.06. The summed E-state index contributed by atoms with van der Waals surface area (Å²) in [5.74, 6) is 0.306. The molecule has 2 rings (SSSR count). The number of hydrogen-bond donors (Lipinski definition) is 0. The van der Waals surface area contributed by atoms with Crippen LogP contribution in [-0.2, 0) is 0 Å². The molecule has 2 aromatic rings. The van der Waals surface area contributed by atoms with E-state index in [9.17, 15) is 4.79 Å². The van der Waals surface area contributed by atoms with Gasteiger partial charge < -0.3 is 4.74 Å². The molecule has 0 saturated carbocycles. The number of carbonyl (C=O) groups is 1. The highest BCUT2D eigenvalue weighted by atomic mass is 32.1. The maximum atomic E-state index is 12.3. The van der Waals surface area contributed by atoms with E-state index in [0.29, 0.717) is 16.3 Å². The molecule has 0 aromatic carbocycles. The van der Waals surface area contributed by atoms with Crippen LogP contribution in [0.15, 0.2) is 12.4 Å². The SMILES string of the molecule is COc1cnn(C(C)C)c1C(=O)c1cnns1. The van der Waals surface area contributed by atoms with Crippen molar-refractivity contribution < 1.29 is 9.53 Å². The molecular formula is C10H12N4O2S. The van der Waals surface area contributed by atoms with Crippen molar-refractivity contribution in [3.8, 4) is 5.75 Å². The van der Waals surface area contributed by atoms with Crippen molar-refractivity contribution in [2.45, 2.75) is 19.9 Å². The zero-order valence-electron chi connectivity index (χ0n) is 9.75. The molecule has 0 aliphatic heterocycles. The minimum atomic E-state index is -0.164. The van der Waals surface area contributed by atoms with Crippen LogP contribution in [-0.4, -0.2) is 32.3 Å². The zero-order valence-corrected chi connectivity index (χ0v) is 10.6. The average molecular weight is 252 g/mol. The maximum Gasteiger partial charge on any atom is 0.228 e. The zero-order chi connectivity index (χ0) is 12.4. The first kappa shape index (κ1) is 11.7. The fourth-order valence-electron chi connectivity index (χ4n) is 1.49. The number of ketones is 1. The number of nitrogens with zero attached hydrogens (tertiary/aromatic N) is 4. The van der Waals surface area contributed by atoms with Gasteiger partial charge in [-0.1, -0.05) is 4.49 Å². The Kier molecular flexibility index (Phi) is 3.19. The van der Waals surface area contributed by atoms with E-state index in [-0.39, 0.29) is 11.8 Å². The van der Waals surface area contributed by atoms with Crippen molar-refractivity contribution >= 4 is 17.3 Å². The minimum absolute atomic E-state index is 0.0822. The van der Waals surface area contributed by atoms with Gasteiger partial charge >= 0.3 is 0 Å². The standard InChI is InChI=1S/C10H12N4O2S/c1-6(2)14-9(7(16-3)4-12-14)10(15)8-5-11-13-17-8/h4-6H,1-3H3. The second-order valence-corrected chi connectivity index (χ2v) is 4.50. The highest BCUT2D eigenvalue weighted by Crippen LogP contribution is 2.24. The number of aromatic nitrogens is 4. The molecule has 0 saturated heterocycles. The van der Waals surface area contributed by atoms with Gasteiger partial charge in [0.1, 0.15) is 4.88 Å². The molecule has 2 aromatic heterocycles. The highest BCUT2D eigenvalue weighted by Gasteiger charge is 2.23. The van der Waals surface area contributed by atoms with Crippen LogP contribution in [0.3, 0.4) is 0 Å². The Hall–Kier alpha value is -1.76. The van der Waals surface area contributed by atoms with Gasteiger partial charge in [-0.3, -0.25) is 9.48 Å². The molecule has 0 atom stereocenters. The van der Waals surface area contributed by atoms with Crippen LogP contribution in [0.25, 0.3) is 0 Å². The van der Waals surface area contributed by atoms with Crippen molar-refractivity contribution in [1.82, 2.24) is 19.4 Å². The van der Waals surface area contributed by atoms with Crippen LogP contribution in [0.2, 0.25) is 0 Å². The third kappa shape index (κ3) is 2.05. The predicted octanol–water partition coefficient (Wildman–Crippen LogP) is 1.56. The number of hydrogen-bond acceptors (Lipinski definition) is 6. The Morgan fingerprint density at radius 3 is 2.76 bits per heavy atom. The van der Waals surface area contributed by atoms with Crippen LogP contribution in [0.4, 0.5) is 0 Å². The van der Waals surface area contributed by atoms with Gasteiger partial charge in [-0.2, -0.15) is 5.10 Å². The van der Waals surface area contributed by atoms with E-state index < -0.39 is 0 Å². The quantitative estimate of drug-likeness (QED) is 0.772. The molecule has 0 fully saturated rings. The summed E-state index contributed by atoms with van der Waals surface area (Å²) in [5, 5.41) is 7.81. The normalized spacial score (nSPS) is 10.8. The number of methoxy groups -OCH3 is 1. The summed E-state index contributed by atoms with van der Waals surface area (Å²) < 4.78 is 10.5. The molecular weight excluding hydrogens is 240 g/mol. The molecule has 0 aliphatic rings. The minimum Gasteiger partial charge on any atom is -0.493 e. The molecule has 7 heteroatoms. The van der Waals surface area contributed by atoms with Crippen molar-refractivity contribution in [2.75, 3.05) is 7.11 Å². The van der Waals surface area contributed by atoms with Crippen LogP contribution >= 0.6 is 11.5 Å². The van der Waals surface area contributed by atoms with Crippen molar-refractivity contribution in [3.05, 3.63) is 23.0 Å². The maximum absolute atomic E-state index is 12.3. The van der Waals surface area contributed by atoms with E-state index in [2.05, 4.69) is 14.7 Å². The lowest BCUT2D eigenvalue weighted by Crippen LogP contribution is -2.13. The predicted molar refractivity (Wildman–Crippen MR) is 62.5 cm³/mol. The Labute approximate surface area is 102 Å². The topological polar surface area (TPSA) is 69.9 Å². The summed E-state index contributed by atoms with van der Waals surface area (Å²) in [6, 6.07) is 0.0822. The fourth-order valence-corrected chi connectivity index (χ4v) is 1.94. The number of rotatable bonds is 4. The van der Waals surface area contributed by atoms with E-state index in [0.717, 1.165) is 11.5 Å². The Balaban J connectivity index is 2.49. The monoisotopic (exact) mass is 252 g/mol. The molecule has 17 heavy (non-hydrogen) atoms. The van der Waals surface area contributed by atoms with Crippen molar-refractivity contribution in [1.29, 1.82) is 0 Å². The first-order valence-corrected chi connectivity index (χ1v) is 5.86. The second-order valence-electron chi connectivity index (χ2n) is 3.71. The van der Waals surface area contributed by atoms with Gasteiger partial charge in [-0.15, -0.1) is 5.10 Å². The number of carbonyl (C=O) groups excluding carboxylic acids is 1. The molecule has 2 heterocycles. The van der Waals surface area contributed by atoms with Crippen LogP contribution < -0.4 is 4.74 Å². The van der Waals surface area contributed by atoms with Gasteiger partial charge in [0.25, 0.3) is 0 Å². The van der Waals surface area contributed by atoms with E-state index >= 15 is 0 Å². The van der Waals surface area contributed by atoms with Crippen LogP contribution in [0.1, 0.15) is 35.3 Å². The molecule has 0 radical (unpaired) electrons. The summed E-state index contributed by atoms with van der Waals surface area (Å²) in [6.45, 7) is 3.91. The molecule has 90 valence electrons. The molecule has 0 N–H and O–H groups in total. The van der Waals surface area contributed by atoms with Crippen LogP contribution in [0, 0.1) is 0 Å². The van der Waals surface area contributed by atoms with E-state index in [1.165, 1.54) is 13.3 Å². The molecule has 0 aliphatic carbocycles. The Morgan fingerprint density at radius 2 is 2.24 bits per heavy atom. The van der Waals surface area contributed by atoms with Gasteiger partial charge in [-0.25, -0.2) is 0 Å². The van der Waals surface area contributed by atoms with Crippen molar-refractivity contribution in [2.24, 2.45) is 0 Å². The third-order valence-electron chi connectivity index (χ3n) is 2.27. The second kappa shape index (κ2) is 4.62. The summed E-state index contributed by atoms with van der Waals surface area (Å²) in [5.41, 5.74) is 0.438. The van der Waals surface area contributed by atoms with Gasteiger partial charge in [0.05, 0.1) is 19.5 Å². The van der Waals surface area contributed by atoms with E-state index in [4.69, 9.17) is 4.74 Å². The van der Waals surface area contributed by atoms with Gasteiger partial charge in [0, 0.05) is 6.04 Å². The van der Waals surface area contributed by atoms with Gasteiger partial charge in [0.15, 0.2) is 11.4 Å². The molecule has 0 bridgehead atoms. The lowest BCUT2D eigenvalue weighted by atomic mass is 10.2. The molecule has 0 amide bonds. The summed E-state index contributed by atoms with van der Waals surface area (Å²) in [6.07, 6.45) is 2.99. The fraction of sp³-hybridized carbons (Fsp3) is 0.400. The molecule has 0 unspecified atom stereocenters. The smallest absolute Gasteiger partial charge is 0.228 e. The first-order valence-electron chi connectivity index (χ1n) is 5.08. The largest absolute Gasteiger partial charge is 0.493 e. The average Bonchev–Trinajstić information content (AvgIpc) is 2.96. The van der Waals surface area contributed by atoms with E-state index in [1.807, 2.05) is 13.8 Å².